The van der Waals surface area contributed by atoms with Crippen LogP contribution in [0.5, 0.6) is 0 Å². The minimum Gasteiger partial charge on any atom is -0.498 e. The van der Waals surface area contributed by atoms with E-state index in [1.165, 1.54) is 44.9 Å². The van der Waals surface area contributed by atoms with Crippen molar-refractivity contribution in [2.24, 2.45) is 0 Å². The summed E-state index contributed by atoms with van der Waals surface area (Å²) in [6.45, 7) is 2.59. The Morgan fingerprint density at radius 1 is 1.02 bits per heavy atom. The van der Waals surface area contributed by atoms with Crippen molar-refractivity contribution >= 4 is 63.1 Å². The van der Waals surface area contributed by atoms with Gasteiger partial charge in [-0.3, -0.25) is 9.59 Å². The van der Waals surface area contributed by atoms with E-state index in [9.17, 15) is 14.9 Å². The van der Waals surface area contributed by atoms with Gasteiger partial charge in [-0.25, -0.2) is 4.68 Å². The van der Waals surface area contributed by atoms with E-state index in [0.717, 1.165) is 24.8 Å². The summed E-state index contributed by atoms with van der Waals surface area (Å²) in [6, 6.07) is 14.4. The van der Waals surface area contributed by atoms with Crippen LogP contribution in [0, 0.1) is 15.0 Å². The third kappa shape index (κ3) is 7.92. The number of methoxy groups -OCH3 is 1. The first-order valence-electron chi connectivity index (χ1n) is 16.9. The lowest BCUT2D eigenvalue weighted by atomic mass is 9.85. The largest absolute Gasteiger partial charge is 0.498 e. The molecule has 0 saturated carbocycles. The zero-order valence-electron chi connectivity index (χ0n) is 27.6. The average Bonchev–Trinajstić information content (AvgIpc) is 3.70. The molecule has 11 heteroatoms. The van der Waals surface area contributed by atoms with Gasteiger partial charge in [0.15, 0.2) is 11.5 Å². The summed E-state index contributed by atoms with van der Waals surface area (Å²) in [5, 5.41) is 19.0. The number of hydrogen-bond acceptors (Lipinski definition) is 6. The number of amides is 1. The molecule has 0 unspecified atom stereocenters. The third-order valence-electron chi connectivity index (χ3n) is 9.53. The Hall–Kier alpha value is -2.94. The topological polar surface area (TPSA) is 101 Å². The van der Waals surface area contributed by atoms with Crippen molar-refractivity contribution in [2.75, 3.05) is 13.7 Å². The van der Waals surface area contributed by atoms with Crippen LogP contribution in [-0.2, 0) is 16.0 Å². The molecule has 254 valence electrons. The van der Waals surface area contributed by atoms with Gasteiger partial charge in [0, 0.05) is 35.9 Å². The fraction of sp³-hybridized carbons (Fsp3) is 0.486. The van der Waals surface area contributed by atoms with Gasteiger partial charge in [-0.1, -0.05) is 105 Å². The molecule has 0 bridgehead atoms. The van der Waals surface area contributed by atoms with Gasteiger partial charge in [-0.05, 0) is 70.5 Å². The van der Waals surface area contributed by atoms with Crippen LogP contribution in [0.3, 0.4) is 0 Å². The predicted molar refractivity (Wildman–Crippen MR) is 197 cm³/mol. The molecule has 3 aromatic rings. The summed E-state index contributed by atoms with van der Waals surface area (Å²) < 4.78 is 8.57. The zero-order chi connectivity index (χ0) is 34.3. The van der Waals surface area contributed by atoms with Crippen molar-refractivity contribution in [3.63, 3.8) is 0 Å². The number of carbonyl (C=O) groups excluding carboxylic acids is 2. The van der Waals surface area contributed by atoms with Crippen molar-refractivity contribution in [1.29, 1.82) is 5.26 Å². The molecule has 1 saturated heterocycles. The number of ketones is 1. The van der Waals surface area contributed by atoms with E-state index >= 15 is 0 Å². The highest BCUT2D eigenvalue weighted by atomic mass is 127. The van der Waals surface area contributed by atoms with E-state index in [1.54, 1.807) is 42.1 Å². The number of unbranched alkanes of at least 4 members (excludes halogenated alkanes) is 9. The average molecular weight is 803 g/mol. The van der Waals surface area contributed by atoms with Gasteiger partial charge in [-0.2, -0.15) is 5.26 Å². The van der Waals surface area contributed by atoms with Crippen LogP contribution < -0.4 is 0 Å². The van der Waals surface area contributed by atoms with E-state index in [-0.39, 0.29) is 17.7 Å². The van der Waals surface area contributed by atoms with Gasteiger partial charge in [-0.15, -0.1) is 5.10 Å². The Bertz CT molecular complexity index is 1680. The molecule has 8 nitrogen and oxygen atoms in total. The lowest BCUT2D eigenvalue weighted by Crippen LogP contribution is -2.45. The molecule has 0 N–H and O–H groups in total. The van der Waals surface area contributed by atoms with Crippen molar-refractivity contribution in [3.05, 3.63) is 84.4 Å². The maximum absolute atomic E-state index is 14.3. The van der Waals surface area contributed by atoms with E-state index in [0.29, 0.717) is 67.7 Å². The van der Waals surface area contributed by atoms with Crippen molar-refractivity contribution < 1.29 is 14.3 Å². The highest BCUT2D eigenvalue weighted by Crippen LogP contribution is 2.52. The number of rotatable bonds is 17. The summed E-state index contributed by atoms with van der Waals surface area (Å²) in [4.78, 5) is 29.4. The molecular formula is C37H42Cl2IN5O3. The Labute approximate surface area is 306 Å². The zero-order valence-corrected chi connectivity index (χ0v) is 31.3. The standard InChI is InChI=1S/C37H42Cl2IN5O3/c1-3-4-5-6-7-8-9-10-11-12-13-31(46)33-35(40)45(43-42-33)30-22-37(21-25-14-16-26(23-41)17-15-25)34(48-2)32(36(47)44(37)24-30)27-18-28(38)20-29(39)19-27/h14-20,30H,3-13,21-22,24H2,1-2H3/t30-,37-/m0/s1. The van der Waals surface area contributed by atoms with E-state index in [4.69, 9.17) is 27.9 Å². The van der Waals surface area contributed by atoms with E-state index in [2.05, 4.69) is 45.9 Å². The van der Waals surface area contributed by atoms with Gasteiger partial charge in [0.25, 0.3) is 5.91 Å². The maximum atomic E-state index is 14.3. The van der Waals surface area contributed by atoms with Crippen LogP contribution in [0.15, 0.2) is 48.2 Å². The smallest absolute Gasteiger partial charge is 0.258 e. The van der Waals surface area contributed by atoms with E-state index in [1.807, 2.05) is 17.0 Å². The normalized spacial score (nSPS) is 18.8. The summed E-state index contributed by atoms with van der Waals surface area (Å²) in [6.07, 6.45) is 13.5. The Balaban J connectivity index is 1.34. The number of aromatic nitrogens is 3. The van der Waals surface area contributed by atoms with Gasteiger partial charge in [0.2, 0.25) is 0 Å². The van der Waals surface area contributed by atoms with Crippen LogP contribution in [0.2, 0.25) is 10.0 Å². The Morgan fingerprint density at radius 3 is 2.25 bits per heavy atom. The molecule has 2 atom stereocenters. The first kappa shape index (κ1) is 36.3. The van der Waals surface area contributed by atoms with Gasteiger partial charge in [0.1, 0.15) is 15.0 Å². The number of hydrogen-bond donors (Lipinski definition) is 0. The number of halogens is 3. The maximum Gasteiger partial charge on any atom is 0.258 e. The molecule has 5 rings (SSSR count). The minimum atomic E-state index is -0.843. The number of Topliss-reactive ketones (excluding diaryl/α,β-unsaturated/α-hetero) is 1. The molecule has 48 heavy (non-hydrogen) atoms. The lowest BCUT2D eigenvalue weighted by Gasteiger charge is -2.34. The predicted octanol–water partition coefficient (Wildman–Crippen LogP) is 9.38. The summed E-state index contributed by atoms with van der Waals surface area (Å²) >= 11 is 14.9. The van der Waals surface area contributed by atoms with Crippen LogP contribution in [-0.4, -0.2) is 50.8 Å². The SMILES string of the molecule is CCCCCCCCCCCCC(=O)c1nnn([C@@H]2CN3C(=O)C(c4cc(Cl)cc(Cl)c4)=C(OC)[C@]3(Cc3ccc(C#N)cc3)C2)c1I. The molecule has 1 fully saturated rings. The third-order valence-corrected chi connectivity index (χ3v) is 11.0. The Kier molecular flexibility index (Phi) is 12.6. The second-order valence-corrected chi connectivity index (χ2v) is 14.8. The van der Waals surface area contributed by atoms with Crippen molar-refractivity contribution in [2.45, 2.75) is 102 Å². The molecule has 0 aliphatic carbocycles. The number of fused-ring (bicyclic) bond motifs is 1. The summed E-state index contributed by atoms with van der Waals surface area (Å²) in [5.41, 5.74) is 2.08. The monoisotopic (exact) mass is 801 g/mol. The first-order chi connectivity index (χ1) is 23.2. The van der Waals surface area contributed by atoms with Crippen molar-refractivity contribution in [3.8, 4) is 6.07 Å². The molecular weight excluding hydrogens is 760 g/mol. The second-order valence-electron chi connectivity index (χ2n) is 12.9. The molecule has 2 aliphatic heterocycles. The molecule has 1 amide bonds. The Morgan fingerprint density at radius 2 is 1.65 bits per heavy atom. The molecule has 1 aromatic heterocycles. The highest BCUT2D eigenvalue weighted by Gasteiger charge is 2.59. The second kappa shape index (κ2) is 16.6. The summed E-state index contributed by atoms with van der Waals surface area (Å²) in [7, 11) is 1.58. The highest BCUT2D eigenvalue weighted by molar-refractivity contribution is 14.1. The fourth-order valence-electron chi connectivity index (χ4n) is 7.18. The number of benzene rings is 2. The molecule has 2 aromatic carbocycles. The number of nitriles is 1. The number of nitrogens with zero attached hydrogens (tertiary/aromatic N) is 5. The summed E-state index contributed by atoms with van der Waals surface area (Å²) in [5.74, 6) is 0.350. The van der Waals surface area contributed by atoms with Crippen molar-refractivity contribution in [1.82, 2.24) is 19.9 Å². The van der Waals surface area contributed by atoms with Gasteiger partial charge < -0.3 is 9.64 Å². The van der Waals surface area contributed by atoms with Crippen LogP contribution >= 0.6 is 45.8 Å². The molecule has 0 spiro atoms. The van der Waals surface area contributed by atoms with E-state index < -0.39 is 5.54 Å². The molecule has 3 heterocycles. The van der Waals surface area contributed by atoms with Gasteiger partial charge >= 0.3 is 0 Å². The lowest BCUT2D eigenvalue weighted by molar-refractivity contribution is -0.126. The van der Waals surface area contributed by atoms with Gasteiger partial charge in [0.05, 0.1) is 30.4 Å². The van der Waals surface area contributed by atoms with Crippen LogP contribution in [0.4, 0.5) is 0 Å². The number of carbonyl (C=O) groups is 2. The minimum absolute atomic E-state index is 0.00434. The van der Waals surface area contributed by atoms with Crippen LogP contribution in [0.25, 0.3) is 5.57 Å². The first-order valence-corrected chi connectivity index (χ1v) is 18.8. The number of ether oxygens (including phenoxy) is 1. The molecule has 2 aliphatic rings. The molecule has 0 radical (unpaired) electrons. The van der Waals surface area contributed by atoms with Crippen LogP contribution in [0.1, 0.15) is 117 Å². The quantitative estimate of drug-likeness (QED) is 0.0767. The fourth-order valence-corrected chi connectivity index (χ4v) is 8.60.